The molecule has 0 aromatic heterocycles. The third-order valence-corrected chi connectivity index (χ3v) is 5.90. The quantitative estimate of drug-likeness (QED) is 0.871. The maximum Gasteiger partial charge on any atom is 0.337 e. The molecule has 0 radical (unpaired) electrons. The molecule has 0 amide bonds. The molecule has 0 unspecified atom stereocenters. The second-order valence-corrected chi connectivity index (χ2v) is 6.86. The topological polar surface area (TPSA) is 63.6 Å². The molecule has 0 heterocycles. The van der Waals surface area contributed by atoms with E-state index < -0.39 is 0 Å². The summed E-state index contributed by atoms with van der Waals surface area (Å²) < 4.78 is 4.84. The van der Waals surface area contributed by atoms with E-state index in [1.807, 2.05) is 18.2 Å². The predicted molar refractivity (Wildman–Crippen MR) is 86.2 cm³/mol. The van der Waals surface area contributed by atoms with Crippen molar-refractivity contribution in [2.24, 2.45) is 11.8 Å². The van der Waals surface area contributed by atoms with E-state index in [9.17, 15) is 14.7 Å². The maximum absolute atomic E-state index is 12.0. The van der Waals surface area contributed by atoms with Gasteiger partial charge in [0.2, 0.25) is 0 Å². The number of carbonyl (C=O) groups excluding carboxylic acids is 2. The van der Waals surface area contributed by atoms with Gasteiger partial charge in [-0.3, -0.25) is 4.79 Å². The summed E-state index contributed by atoms with van der Waals surface area (Å²) in [5.74, 6) is 0.404. The van der Waals surface area contributed by atoms with Crippen LogP contribution in [-0.2, 0) is 14.9 Å². The SMILES string of the molecule is COC(=O)c1cccc([C@@]23CCC(=O)C[C@@H]2CCC[C@@H]3CO)c1. The van der Waals surface area contributed by atoms with Crippen LogP contribution in [0.2, 0.25) is 0 Å². The number of ketones is 1. The normalized spacial score (nSPS) is 30.6. The first-order valence-corrected chi connectivity index (χ1v) is 8.43. The van der Waals surface area contributed by atoms with Gasteiger partial charge >= 0.3 is 5.97 Å². The zero-order chi connectivity index (χ0) is 16.4. The van der Waals surface area contributed by atoms with Crippen LogP contribution in [0.25, 0.3) is 0 Å². The third-order valence-electron chi connectivity index (χ3n) is 5.90. The Kier molecular flexibility index (Phi) is 4.53. The average Bonchev–Trinajstić information content (AvgIpc) is 2.60. The number of esters is 1. The number of methoxy groups -OCH3 is 1. The Morgan fingerprint density at radius 3 is 2.96 bits per heavy atom. The van der Waals surface area contributed by atoms with Crippen LogP contribution in [0.3, 0.4) is 0 Å². The maximum atomic E-state index is 12.0. The van der Waals surface area contributed by atoms with E-state index in [1.54, 1.807) is 6.07 Å². The molecule has 0 bridgehead atoms. The number of fused-ring (bicyclic) bond motifs is 1. The minimum absolute atomic E-state index is 0.132. The van der Waals surface area contributed by atoms with Crippen molar-refractivity contribution in [3.63, 3.8) is 0 Å². The van der Waals surface area contributed by atoms with E-state index in [0.29, 0.717) is 24.2 Å². The molecule has 1 aromatic rings. The van der Waals surface area contributed by atoms with Gasteiger partial charge < -0.3 is 9.84 Å². The first kappa shape index (κ1) is 16.2. The van der Waals surface area contributed by atoms with Crippen molar-refractivity contribution in [3.8, 4) is 0 Å². The highest BCUT2D eigenvalue weighted by atomic mass is 16.5. The Morgan fingerprint density at radius 1 is 1.39 bits per heavy atom. The summed E-state index contributed by atoms with van der Waals surface area (Å²) in [5.41, 5.74) is 1.43. The van der Waals surface area contributed by atoms with Gasteiger partial charge in [-0.2, -0.15) is 0 Å². The largest absolute Gasteiger partial charge is 0.465 e. The number of carbonyl (C=O) groups is 2. The van der Waals surface area contributed by atoms with Gasteiger partial charge in [0, 0.05) is 24.9 Å². The highest BCUT2D eigenvalue weighted by Crippen LogP contribution is 2.54. The van der Waals surface area contributed by atoms with E-state index in [2.05, 4.69) is 0 Å². The Bertz CT molecular complexity index is 609. The van der Waals surface area contributed by atoms with Crippen molar-refractivity contribution in [1.82, 2.24) is 0 Å². The lowest BCUT2D eigenvalue weighted by Crippen LogP contribution is -2.50. The summed E-state index contributed by atoms with van der Waals surface area (Å²) in [6.45, 7) is 0.132. The van der Waals surface area contributed by atoms with Crippen molar-refractivity contribution in [2.45, 2.75) is 43.9 Å². The van der Waals surface area contributed by atoms with Gasteiger partial charge in [0.25, 0.3) is 0 Å². The van der Waals surface area contributed by atoms with Gasteiger partial charge in [-0.1, -0.05) is 18.6 Å². The number of rotatable bonds is 3. The number of hydrogen-bond donors (Lipinski definition) is 1. The number of ether oxygens (including phenoxy) is 1. The molecule has 4 heteroatoms. The van der Waals surface area contributed by atoms with Crippen LogP contribution in [0.1, 0.15) is 54.4 Å². The molecular weight excluding hydrogens is 292 g/mol. The number of Topliss-reactive ketones (excluding diaryl/α,β-unsaturated/α-hetero) is 1. The Hall–Kier alpha value is -1.68. The number of hydrogen-bond acceptors (Lipinski definition) is 4. The van der Waals surface area contributed by atoms with Crippen LogP contribution in [0.5, 0.6) is 0 Å². The van der Waals surface area contributed by atoms with Crippen molar-refractivity contribution >= 4 is 11.8 Å². The highest BCUT2D eigenvalue weighted by molar-refractivity contribution is 5.89. The van der Waals surface area contributed by atoms with Gasteiger partial charge in [-0.15, -0.1) is 0 Å². The second-order valence-electron chi connectivity index (χ2n) is 6.86. The summed E-state index contributed by atoms with van der Waals surface area (Å²) in [5, 5.41) is 9.97. The minimum atomic E-state index is -0.344. The summed E-state index contributed by atoms with van der Waals surface area (Å²) in [4.78, 5) is 23.9. The third kappa shape index (κ3) is 2.69. The predicted octanol–water partition coefficient (Wildman–Crippen LogP) is 2.87. The van der Waals surface area contributed by atoms with E-state index in [0.717, 1.165) is 31.2 Å². The number of benzene rings is 1. The second kappa shape index (κ2) is 6.44. The molecule has 23 heavy (non-hydrogen) atoms. The molecule has 0 aliphatic heterocycles. The van der Waals surface area contributed by atoms with Gasteiger partial charge in [0.15, 0.2) is 0 Å². The highest BCUT2D eigenvalue weighted by Gasteiger charge is 2.51. The molecule has 0 spiro atoms. The van der Waals surface area contributed by atoms with Gasteiger partial charge in [0.05, 0.1) is 12.7 Å². The van der Waals surface area contributed by atoms with Crippen LogP contribution in [0, 0.1) is 11.8 Å². The van der Waals surface area contributed by atoms with E-state index in [1.165, 1.54) is 7.11 Å². The molecule has 2 aliphatic rings. The lowest BCUT2D eigenvalue weighted by molar-refractivity contribution is -0.125. The van der Waals surface area contributed by atoms with Crippen molar-refractivity contribution in [1.29, 1.82) is 0 Å². The van der Waals surface area contributed by atoms with Crippen molar-refractivity contribution < 1.29 is 19.4 Å². The molecule has 1 N–H and O–H groups in total. The Morgan fingerprint density at radius 2 is 2.22 bits per heavy atom. The van der Waals surface area contributed by atoms with Crippen LogP contribution < -0.4 is 0 Å². The Labute approximate surface area is 136 Å². The van der Waals surface area contributed by atoms with Gasteiger partial charge in [-0.25, -0.2) is 4.79 Å². The van der Waals surface area contributed by atoms with E-state index in [4.69, 9.17) is 4.74 Å². The lowest BCUT2D eigenvalue weighted by Gasteiger charge is -2.52. The lowest BCUT2D eigenvalue weighted by atomic mass is 9.52. The monoisotopic (exact) mass is 316 g/mol. The number of aliphatic hydroxyl groups is 1. The Balaban J connectivity index is 2.07. The molecule has 3 atom stereocenters. The zero-order valence-corrected chi connectivity index (χ0v) is 13.6. The zero-order valence-electron chi connectivity index (χ0n) is 13.6. The van der Waals surface area contributed by atoms with Crippen LogP contribution >= 0.6 is 0 Å². The molecule has 2 saturated carbocycles. The standard InChI is InChI=1S/C19H24O4/c1-23-18(22)13-4-2-5-14(10-13)19-9-8-17(21)11-15(19)6-3-7-16(19)12-20/h2,4-5,10,15-16,20H,3,6-9,11-12H2,1H3/t15-,16+,19-/m0/s1. The van der Waals surface area contributed by atoms with E-state index in [-0.39, 0.29) is 29.8 Å². The minimum Gasteiger partial charge on any atom is -0.465 e. The molecule has 3 rings (SSSR count). The molecule has 0 saturated heterocycles. The first-order valence-electron chi connectivity index (χ1n) is 8.43. The first-order chi connectivity index (χ1) is 11.1. The summed E-state index contributed by atoms with van der Waals surface area (Å²) in [6, 6.07) is 7.59. The molecule has 1 aromatic carbocycles. The van der Waals surface area contributed by atoms with E-state index >= 15 is 0 Å². The van der Waals surface area contributed by atoms with Crippen LogP contribution in [-0.4, -0.2) is 30.6 Å². The molecular formula is C19H24O4. The number of aliphatic hydroxyl groups excluding tert-OH is 1. The molecule has 124 valence electrons. The smallest absolute Gasteiger partial charge is 0.337 e. The fraction of sp³-hybridized carbons (Fsp3) is 0.579. The van der Waals surface area contributed by atoms with Gasteiger partial charge in [0.1, 0.15) is 5.78 Å². The fourth-order valence-electron chi connectivity index (χ4n) is 4.80. The molecule has 2 aliphatic carbocycles. The van der Waals surface area contributed by atoms with Crippen molar-refractivity contribution in [2.75, 3.05) is 13.7 Å². The molecule has 2 fully saturated rings. The summed E-state index contributed by atoms with van der Waals surface area (Å²) in [7, 11) is 1.38. The fourth-order valence-corrected chi connectivity index (χ4v) is 4.80. The molecule has 4 nitrogen and oxygen atoms in total. The summed E-state index contributed by atoms with van der Waals surface area (Å²) in [6.07, 6.45) is 4.98. The van der Waals surface area contributed by atoms with Crippen molar-refractivity contribution in [3.05, 3.63) is 35.4 Å². The van der Waals surface area contributed by atoms with Crippen LogP contribution in [0.4, 0.5) is 0 Å². The van der Waals surface area contributed by atoms with Crippen LogP contribution in [0.15, 0.2) is 24.3 Å². The average molecular weight is 316 g/mol. The summed E-state index contributed by atoms with van der Waals surface area (Å²) >= 11 is 0. The van der Waals surface area contributed by atoms with Gasteiger partial charge in [-0.05, 0) is 48.8 Å².